The summed E-state index contributed by atoms with van der Waals surface area (Å²) in [7, 11) is 1.68. The van der Waals surface area contributed by atoms with Crippen molar-refractivity contribution in [3.8, 4) is 5.75 Å². The van der Waals surface area contributed by atoms with Crippen molar-refractivity contribution in [1.29, 1.82) is 0 Å². The highest BCUT2D eigenvalue weighted by atomic mass is 16.5. The van der Waals surface area contributed by atoms with E-state index < -0.39 is 0 Å². The van der Waals surface area contributed by atoms with E-state index in [2.05, 4.69) is 10.6 Å². The van der Waals surface area contributed by atoms with E-state index in [0.29, 0.717) is 0 Å². The lowest BCUT2D eigenvalue weighted by Gasteiger charge is -2.24. The number of para-hydroxylation sites is 1. The van der Waals surface area contributed by atoms with Gasteiger partial charge in [0, 0.05) is 12.6 Å². The van der Waals surface area contributed by atoms with Crippen molar-refractivity contribution in [2.75, 3.05) is 20.2 Å². The summed E-state index contributed by atoms with van der Waals surface area (Å²) in [5.41, 5.74) is 1.13. The van der Waals surface area contributed by atoms with Crippen LogP contribution in [0.25, 0.3) is 0 Å². The Kier molecular flexibility index (Phi) is 5.41. The largest absolute Gasteiger partial charge is 0.496 e. The molecule has 4 nitrogen and oxygen atoms in total. The average molecular weight is 276 g/mol. The Morgan fingerprint density at radius 1 is 1.50 bits per heavy atom. The van der Waals surface area contributed by atoms with Crippen LogP contribution in [0.5, 0.6) is 5.75 Å². The molecule has 2 N–H and O–H groups in total. The van der Waals surface area contributed by atoms with E-state index >= 15 is 0 Å². The van der Waals surface area contributed by atoms with E-state index in [1.165, 1.54) is 0 Å². The minimum Gasteiger partial charge on any atom is -0.496 e. The van der Waals surface area contributed by atoms with Crippen LogP contribution in [0, 0.1) is 5.92 Å². The van der Waals surface area contributed by atoms with Gasteiger partial charge in [-0.3, -0.25) is 4.79 Å². The van der Waals surface area contributed by atoms with Gasteiger partial charge in [-0.15, -0.1) is 0 Å². The first-order chi connectivity index (χ1) is 9.70. The van der Waals surface area contributed by atoms with Crippen LogP contribution in [0.4, 0.5) is 0 Å². The maximum absolute atomic E-state index is 12.2. The van der Waals surface area contributed by atoms with Gasteiger partial charge in [-0.2, -0.15) is 0 Å². The fraction of sp³-hybridized carbons (Fsp3) is 0.562. The maximum atomic E-state index is 12.2. The van der Waals surface area contributed by atoms with E-state index in [-0.39, 0.29) is 17.9 Å². The van der Waals surface area contributed by atoms with Gasteiger partial charge in [0.2, 0.25) is 5.91 Å². The highest BCUT2D eigenvalue weighted by molar-refractivity contribution is 5.79. The Hall–Kier alpha value is -1.55. The predicted molar refractivity (Wildman–Crippen MR) is 79.9 cm³/mol. The lowest BCUT2D eigenvalue weighted by molar-refractivity contribution is -0.126. The predicted octanol–water partition coefficient (Wildman–Crippen LogP) is 1.74. The third-order valence-electron chi connectivity index (χ3n) is 3.77. The number of hydrogen-bond donors (Lipinski definition) is 2. The Balaban J connectivity index is 1.88. The highest BCUT2D eigenvalue weighted by Gasteiger charge is 2.22. The fourth-order valence-corrected chi connectivity index (χ4v) is 2.69. The number of ether oxygens (including phenoxy) is 1. The summed E-state index contributed by atoms with van der Waals surface area (Å²) in [4.78, 5) is 12.2. The zero-order chi connectivity index (χ0) is 14.4. The number of benzene rings is 1. The van der Waals surface area contributed by atoms with Gasteiger partial charge in [-0.05, 0) is 44.4 Å². The van der Waals surface area contributed by atoms with Gasteiger partial charge in [0.05, 0.1) is 13.0 Å². The summed E-state index contributed by atoms with van der Waals surface area (Å²) in [5, 5.41) is 6.39. The molecule has 110 valence electrons. The molecule has 0 aliphatic carbocycles. The van der Waals surface area contributed by atoms with Crippen molar-refractivity contribution in [3.05, 3.63) is 29.8 Å². The molecule has 1 aliphatic rings. The number of piperidine rings is 1. The molecule has 0 radical (unpaired) electrons. The van der Waals surface area contributed by atoms with Crippen molar-refractivity contribution in [3.63, 3.8) is 0 Å². The van der Waals surface area contributed by atoms with E-state index in [1.54, 1.807) is 7.11 Å². The molecule has 2 atom stereocenters. The number of methoxy groups -OCH3 is 1. The summed E-state index contributed by atoms with van der Waals surface area (Å²) in [6.07, 6.45) is 2.86. The molecule has 1 aromatic carbocycles. The molecule has 1 amide bonds. The van der Waals surface area contributed by atoms with Gasteiger partial charge in [0.15, 0.2) is 0 Å². The van der Waals surface area contributed by atoms with Crippen LogP contribution in [0.1, 0.15) is 25.3 Å². The summed E-state index contributed by atoms with van der Waals surface area (Å²) >= 11 is 0. The Morgan fingerprint density at radius 2 is 2.30 bits per heavy atom. The number of amides is 1. The molecule has 4 heteroatoms. The monoisotopic (exact) mass is 276 g/mol. The standard InChI is InChI=1S/C16H24N2O2/c1-12(10-13-6-3-4-8-15(13)20-2)18-16(19)14-7-5-9-17-11-14/h3-4,6,8,12,14,17H,5,7,9-11H2,1-2H3,(H,18,19). The van der Waals surface area contributed by atoms with Gasteiger partial charge < -0.3 is 15.4 Å². The zero-order valence-electron chi connectivity index (χ0n) is 12.3. The first-order valence-corrected chi connectivity index (χ1v) is 7.33. The van der Waals surface area contributed by atoms with E-state index in [9.17, 15) is 4.79 Å². The van der Waals surface area contributed by atoms with E-state index in [4.69, 9.17) is 4.74 Å². The summed E-state index contributed by atoms with van der Waals surface area (Å²) in [6, 6.07) is 8.07. The van der Waals surface area contributed by atoms with Crippen LogP contribution in [-0.2, 0) is 11.2 Å². The fourth-order valence-electron chi connectivity index (χ4n) is 2.69. The van der Waals surface area contributed by atoms with Crippen LogP contribution in [-0.4, -0.2) is 32.1 Å². The van der Waals surface area contributed by atoms with Crippen molar-refractivity contribution < 1.29 is 9.53 Å². The maximum Gasteiger partial charge on any atom is 0.224 e. The normalized spacial score (nSPS) is 20.2. The zero-order valence-corrected chi connectivity index (χ0v) is 12.3. The number of nitrogens with one attached hydrogen (secondary N) is 2. The van der Waals surface area contributed by atoms with Crippen LogP contribution >= 0.6 is 0 Å². The minimum atomic E-state index is 0.112. The van der Waals surface area contributed by atoms with Crippen molar-refractivity contribution >= 4 is 5.91 Å². The van der Waals surface area contributed by atoms with E-state index in [1.807, 2.05) is 31.2 Å². The van der Waals surface area contributed by atoms with Gasteiger partial charge in [0.25, 0.3) is 0 Å². The summed E-state index contributed by atoms with van der Waals surface area (Å²) < 4.78 is 5.34. The number of carbonyl (C=O) groups excluding carboxylic acids is 1. The molecule has 2 rings (SSSR count). The quantitative estimate of drug-likeness (QED) is 0.861. The van der Waals surface area contributed by atoms with Gasteiger partial charge in [-0.25, -0.2) is 0 Å². The number of carbonyl (C=O) groups is 1. The molecule has 1 fully saturated rings. The molecule has 1 aromatic rings. The molecule has 0 spiro atoms. The molecule has 1 aliphatic heterocycles. The van der Waals surface area contributed by atoms with Gasteiger partial charge >= 0.3 is 0 Å². The molecule has 1 heterocycles. The van der Waals surface area contributed by atoms with Crippen LogP contribution < -0.4 is 15.4 Å². The summed E-state index contributed by atoms with van der Waals surface area (Å²) in [6.45, 7) is 3.87. The lowest BCUT2D eigenvalue weighted by Crippen LogP contribution is -2.44. The molecule has 0 saturated carbocycles. The van der Waals surface area contributed by atoms with Crippen LogP contribution in [0.15, 0.2) is 24.3 Å². The Bertz CT molecular complexity index is 442. The number of hydrogen-bond acceptors (Lipinski definition) is 3. The second-order valence-electron chi connectivity index (χ2n) is 5.47. The average Bonchev–Trinajstić information content (AvgIpc) is 2.48. The minimum absolute atomic E-state index is 0.112. The smallest absolute Gasteiger partial charge is 0.224 e. The second kappa shape index (κ2) is 7.29. The Morgan fingerprint density at radius 3 is 3.00 bits per heavy atom. The second-order valence-corrected chi connectivity index (χ2v) is 5.47. The van der Waals surface area contributed by atoms with Crippen molar-refractivity contribution in [2.45, 2.75) is 32.2 Å². The van der Waals surface area contributed by atoms with Gasteiger partial charge in [0.1, 0.15) is 5.75 Å². The SMILES string of the molecule is COc1ccccc1CC(C)NC(=O)C1CCCNC1. The van der Waals surface area contributed by atoms with Crippen LogP contribution in [0.3, 0.4) is 0 Å². The summed E-state index contributed by atoms with van der Waals surface area (Å²) in [5.74, 6) is 1.16. The third kappa shape index (κ3) is 3.97. The topological polar surface area (TPSA) is 50.4 Å². The molecular formula is C16H24N2O2. The first kappa shape index (κ1) is 14.9. The van der Waals surface area contributed by atoms with Gasteiger partial charge in [-0.1, -0.05) is 18.2 Å². The number of rotatable bonds is 5. The third-order valence-corrected chi connectivity index (χ3v) is 3.77. The first-order valence-electron chi connectivity index (χ1n) is 7.33. The van der Waals surface area contributed by atoms with E-state index in [0.717, 1.165) is 43.7 Å². The molecule has 1 saturated heterocycles. The van der Waals surface area contributed by atoms with Crippen LogP contribution in [0.2, 0.25) is 0 Å². The molecule has 20 heavy (non-hydrogen) atoms. The highest BCUT2D eigenvalue weighted by Crippen LogP contribution is 2.19. The van der Waals surface area contributed by atoms with Crippen molar-refractivity contribution in [2.24, 2.45) is 5.92 Å². The molecule has 0 aromatic heterocycles. The lowest BCUT2D eigenvalue weighted by atomic mass is 9.98. The van der Waals surface area contributed by atoms with Crippen molar-refractivity contribution in [1.82, 2.24) is 10.6 Å². The Labute approximate surface area is 120 Å². The molecule has 0 bridgehead atoms. The molecular weight excluding hydrogens is 252 g/mol. The molecule has 2 unspecified atom stereocenters.